The molecule has 114 valence electrons. The first kappa shape index (κ1) is 21.2. The van der Waals surface area contributed by atoms with Gasteiger partial charge in [0.15, 0.2) is 0 Å². The van der Waals surface area contributed by atoms with E-state index >= 15 is 0 Å². The molecule has 0 saturated carbocycles. The summed E-state index contributed by atoms with van der Waals surface area (Å²) < 4.78 is 4.55. The Morgan fingerprint density at radius 1 is 1.39 bits per heavy atom. The van der Waals surface area contributed by atoms with Crippen molar-refractivity contribution < 1.29 is 14.3 Å². The Morgan fingerprint density at radius 2 is 1.94 bits per heavy atom. The van der Waals surface area contributed by atoms with Crippen molar-refractivity contribution in [1.82, 2.24) is 5.32 Å². The second-order valence-corrected chi connectivity index (χ2v) is 4.76. The molecule has 0 heterocycles. The molecule has 0 aliphatic carbocycles. The van der Waals surface area contributed by atoms with Crippen molar-refractivity contribution in [3.8, 4) is 0 Å². The number of nitrogens with one attached hydrogen (secondary N) is 1. The molecule has 1 atom stereocenters. The van der Waals surface area contributed by atoms with Crippen LogP contribution in [0.15, 0.2) is 0 Å². The van der Waals surface area contributed by atoms with Crippen LogP contribution in [0.5, 0.6) is 0 Å². The normalized spacial score (nSPS) is 11.2. The van der Waals surface area contributed by atoms with Gasteiger partial charge in [-0.3, -0.25) is 4.79 Å². The average Bonchev–Trinajstić information content (AvgIpc) is 2.17. The quantitative estimate of drug-likeness (QED) is 0.237. The van der Waals surface area contributed by atoms with Crippen LogP contribution in [0.3, 0.4) is 0 Å². The van der Waals surface area contributed by atoms with Gasteiger partial charge in [0.25, 0.3) is 6.47 Å². The molecule has 0 saturated heterocycles. The van der Waals surface area contributed by atoms with Gasteiger partial charge in [-0.15, -0.1) is 0 Å². The molecule has 0 radical (unpaired) electrons. The van der Waals surface area contributed by atoms with E-state index in [1.54, 1.807) is 6.41 Å². The van der Waals surface area contributed by atoms with Gasteiger partial charge in [-0.2, -0.15) is 6.41 Å². The van der Waals surface area contributed by atoms with E-state index < -0.39 is 0 Å². The van der Waals surface area contributed by atoms with Crippen LogP contribution in [0.1, 0.15) is 47.0 Å². The van der Waals surface area contributed by atoms with Crippen molar-refractivity contribution in [3.63, 3.8) is 0 Å². The molecule has 1 unspecified atom stereocenters. The minimum Gasteiger partial charge on any atom is -0.528 e. The molecule has 0 rings (SSSR count). The zero-order valence-corrected chi connectivity index (χ0v) is 14.0. The molecule has 0 fully saturated rings. The molecule has 1 amide bonds. The third kappa shape index (κ3) is 23.6. The summed E-state index contributed by atoms with van der Waals surface area (Å²) >= 11 is 0. The van der Waals surface area contributed by atoms with Crippen molar-refractivity contribution >= 4 is 12.9 Å². The van der Waals surface area contributed by atoms with E-state index in [0.29, 0.717) is 6.47 Å². The van der Waals surface area contributed by atoms with Crippen LogP contribution in [0.2, 0.25) is 0 Å². The standard InChI is InChI=1S/C7H15N2O.C5H10O2.Fm/c1-7(9-6-10)4-2-3-5-8;1-5(2,3)7-4-6;/h7H,2-5,8H2,1H3,(H,9,10);4H,1-3H3;/q-1;;. The Kier molecular flexibility index (Phi) is 15.3. The molecule has 0 aliphatic rings. The maximum Gasteiger partial charge on any atom is 0.293 e. The molecule has 0 aromatic rings. The SMILES string of the molecule is CC(C)(C)OC=O.CC(CCCCN)N[C-]=O.[Fm]. The van der Waals surface area contributed by atoms with Gasteiger partial charge in [0.1, 0.15) is 5.60 Å². The summed E-state index contributed by atoms with van der Waals surface area (Å²) in [7, 11) is 0. The Balaban J connectivity index is -0.000000251. The van der Waals surface area contributed by atoms with Crippen molar-refractivity contribution in [2.45, 2.75) is 58.6 Å². The van der Waals surface area contributed by atoms with Crippen molar-refractivity contribution in [3.05, 3.63) is 0 Å². The predicted molar refractivity (Wildman–Crippen MR) is 68.1 cm³/mol. The molecular weight excluding hydrogens is 477 g/mol. The first-order valence-corrected chi connectivity index (χ1v) is 5.81. The molecule has 3 N–H and O–H groups in total. The van der Waals surface area contributed by atoms with Gasteiger partial charge in [0.2, 0.25) is 0 Å². The molecular formula is C12H25FmN2O3-. The van der Waals surface area contributed by atoms with Gasteiger partial charge in [0, 0.05) is 0 Å². The van der Waals surface area contributed by atoms with Gasteiger partial charge in [0.05, 0.1) is 0 Å². The van der Waals surface area contributed by atoms with Crippen molar-refractivity contribution in [2.24, 2.45) is 5.73 Å². The molecule has 0 aromatic heterocycles. The van der Waals surface area contributed by atoms with E-state index in [1.165, 1.54) is 0 Å². The second kappa shape index (κ2) is 13.0. The molecule has 0 bridgehead atoms. The summed E-state index contributed by atoms with van der Waals surface area (Å²) in [5.74, 6) is 0. The number of carbonyl (C=O) groups excluding carboxylic acids is 2. The van der Waals surface area contributed by atoms with Crippen LogP contribution in [-0.4, -0.2) is 31.1 Å². The number of hydrogen-bond acceptors (Lipinski definition) is 4. The Hall–Kier alpha value is -2.10. The maximum atomic E-state index is 9.79. The maximum absolute atomic E-state index is 9.79. The predicted octanol–water partition coefficient (Wildman–Crippen LogP) is 1.12. The molecule has 0 aliphatic heterocycles. The smallest absolute Gasteiger partial charge is 0.293 e. The Labute approximate surface area is 104 Å². The van der Waals surface area contributed by atoms with E-state index in [0.717, 1.165) is 25.8 Å². The third-order valence-electron chi connectivity index (χ3n) is 1.80. The van der Waals surface area contributed by atoms with Crippen LogP contribution in [-0.2, 0) is 14.3 Å². The fourth-order valence-electron chi connectivity index (χ4n) is 0.912. The third-order valence-corrected chi connectivity index (χ3v) is 1.80. The monoisotopic (exact) mass is 502 g/mol. The minimum absolute atomic E-state index is 0. The number of rotatable bonds is 7. The van der Waals surface area contributed by atoms with Gasteiger partial charge in [-0.1, -0.05) is 6.42 Å². The molecule has 5 nitrogen and oxygen atoms in total. The number of carbonyl (C=O) groups is 1. The van der Waals surface area contributed by atoms with E-state index in [4.69, 9.17) is 5.73 Å². The Bertz CT molecular complexity index is 196. The van der Waals surface area contributed by atoms with Crippen LogP contribution >= 0.6 is 0 Å². The number of hydrogen-bond donors (Lipinski definition) is 2. The van der Waals surface area contributed by atoms with E-state index in [2.05, 4.69) is 10.1 Å². The summed E-state index contributed by atoms with van der Waals surface area (Å²) in [5, 5.41) is 2.56. The van der Waals surface area contributed by atoms with Crippen molar-refractivity contribution in [2.75, 3.05) is 6.54 Å². The van der Waals surface area contributed by atoms with Gasteiger partial charge < -0.3 is 20.6 Å². The Morgan fingerprint density at radius 3 is 2.22 bits per heavy atom. The zero-order valence-electron chi connectivity index (χ0n) is 11.6. The first-order valence-electron chi connectivity index (χ1n) is 5.81. The summed E-state index contributed by atoms with van der Waals surface area (Å²) in [6.07, 6.45) is 4.76. The fourth-order valence-corrected chi connectivity index (χ4v) is 0.912. The van der Waals surface area contributed by atoms with E-state index in [9.17, 15) is 9.59 Å². The number of amides is 1. The molecule has 18 heavy (non-hydrogen) atoms. The second-order valence-electron chi connectivity index (χ2n) is 4.76. The van der Waals surface area contributed by atoms with Crippen LogP contribution < -0.4 is 11.1 Å². The van der Waals surface area contributed by atoms with E-state index in [-0.39, 0.29) is 11.6 Å². The van der Waals surface area contributed by atoms with Gasteiger partial charge >= 0.3 is 0 Å². The molecule has 0 aromatic carbocycles. The number of ether oxygens (including phenoxy) is 1. The summed E-state index contributed by atoms with van der Waals surface area (Å²) in [6.45, 7) is 8.61. The molecule has 6 heteroatoms. The zero-order chi connectivity index (χ0) is 13.7. The molecule has 0 spiro atoms. The fraction of sp³-hybridized carbons (Fsp3) is 0.833. The van der Waals surface area contributed by atoms with Crippen LogP contribution in [0.4, 0.5) is 0 Å². The largest absolute Gasteiger partial charge is 0.528 e. The van der Waals surface area contributed by atoms with Gasteiger partial charge in [-0.05, 0) is 53.1 Å². The number of unbranched alkanes of at least 4 members (excludes halogenated alkanes) is 1. The first-order chi connectivity index (χ1) is 7.87. The van der Waals surface area contributed by atoms with E-state index in [1.807, 2.05) is 27.7 Å². The summed E-state index contributed by atoms with van der Waals surface area (Å²) in [4.78, 5) is 19.4. The summed E-state index contributed by atoms with van der Waals surface area (Å²) in [6, 6.07) is 0.240. The van der Waals surface area contributed by atoms with Crippen molar-refractivity contribution in [1.29, 1.82) is 0 Å². The van der Waals surface area contributed by atoms with Crippen LogP contribution in [0, 0.1) is 0 Å². The summed E-state index contributed by atoms with van der Waals surface area (Å²) in [5.41, 5.74) is 4.97. The topological polar surface area (TPSA) is 81.4 Å². The van der Waals surface area contributed by atoms with Gasteiger partial charge in [-0.25, -0.2) is 0 Å². The van der Waals surface area contributed by atoms with Crippen LogP contribution in [0.25, 0.3) is 0 Å². The number of nitrogens with two attached hydrogens (primary N) is 1. The average molecular weight is 502 g/mol. The minimum atomic E-state index is -0.318.